The van der Waals surface area contributed by atoms with Gasteiger partial charge in [-0.05, 0) is 24.6 Å². The Hall–Kier alpha value is -0.900. The summed E-state index contributed by atoms with van der Waals surface area (Å²) in [6, 6.07) is 4.63. The minimum Gasteiger partial charge on any atom is -0.310 e. The molecule has 0 radical (unpaired) electrons. The summed E-state index contributed by atoms with van der Waals surface area (Å²) in [5.74, 6) is -0.342. The molecule has 1 aromatic rings. The zero-order chi connectivity index (χ0) is 10.1. The van der Waals surface area contributed by atoms with Gasteiger partial charge < -0.3 is 4.90 Å². The molecule has 1 aliphatic rings. The van der Waals surface area contributed by atoms with Crippen molar-refractivity contribution in [2.24, 2.45) is 0 Å². The molecule has 1 heterocycles. The highest BCUT2D eigenvalue weighted by molar-refractivity contribution is 9.10. The lowest BCUT2D eigenvalue weighted by Gasteiger charge is -2.16. The van der Waals surface area contributed by atoms with E-state index >= 15 is 0 Å². The van der Waals surface area contributed by atoms with Crippen molar-refractivity contribution < 1.29 is 9.18 Å². The van der Waals surface area contributed by atoms with Gasteiger partial charge in [0, 0.05) is 17.4 Å². The van der Waals surface area contributed by atoms with Crippen LogP contribution in [-0.2, 0) is 4.79 Å². The summed E-state index contributed by atoms with van der Waals surface area (Å²) >= 11 is 3.26. The van der Waals surface area contributed by atoms with E-state index in [1.807, 2.05) is 0 Å². The summed E-state index contributed by atoms with van der Waals surface area (Å²) in [7, 11) is 0. The van der Waals surface area contributed by atoms with E-state index in [4.69, 9.17) is 0 Å². The van der Waals surface area contributed by atoms with Crippen molar-refractivity contribution in [1.82, 2.24) is 0 Å². The van der Waals surface area contributed by atoms with Crippen LogP contribution >= 0.6 is 15.9 Å². The van der Waals surface area contributed by atoms with Crippen molar-refractivity contribution in [3.05, 3.63) is 28.5 Å². The van der Waals surface area contributed by atoms with Crippen LogP contribution in [0.15, 0.2) is 22.7 Å². The second-order valence-corrected chi connectivity index (χ2v) is 4.16. The average Bonchev–Trinajstić information content (AvgIpc) is 2.56. The molecule has 1 fully saturated rings. The molecular formula is C10H9BrFNO. The summed E-state index contributed by atoms with van der Waals surface area (Å²) in [6.07, 6.45) is 1.33. The Bertz CT molecular complexity index is 380. The van der Waals surface area contributed by atoms with Gasteiger partial charge in [0.15, 0.2) is 0 Å². The molecule has 0 saturated carbocycles. The maximum atomic E-state index is 13.4. The highest BCUT2D eigenvalue weighted by Crippen LogP contribution is 2.27. The summed E-state index contributed by atoms with van der Waals surface area (Å²) < 4.78 is 14.2. The van der Waals surface area contributed by atoms with Gasteiger partial charge in [-0.2, -0.15) is 0 Å². The van der Waals surface area contributed by atoms with Gasteiger partial charge >= 0.3 is 0 Å². The molecule has 1 aliphatic heterocycles. The van der Waals surface area contributed by atoms with Crippen molar-refractivity contribution in [2.75, 3.05) is 11.4 Å². The lowest BCUT2D eigenvalue weighted by molar-refractivity contribution is -0.117. The molecule has 0 aliphatic carbocycles. The minimum atomic E-state index is -0.344. The largest absolute Gasteiger partial charge is 0.310 e. The Morgan fingerprint density at radius 3 is 2.86 bits per heavy atom. The summed E-state index contributed by atoms with van der Waals surface area (Å²) in [6.45, 7) is 0.617. The number of anilines is 1. The van der Waals surface area contributed by atoms with E-state index < -0.39 is 0 Å². The van der Waals surface area contributed by atoms with E-state index in [-0.39, 0.29) is 11.7 Å². The van der Waals surface area contributed by atoms with E-state index in [1.54, 1.807) is 12.1 Å². The first kappa shape index (κ1) is 9.65. The molecule has 2 nitrogen and oxygen atoms in total. The number of carbonyl (C=O) groups excluding carboxylic acids is 1. The molecule has 1 amide bonds. The van der Waals surface area contributed by atoms with Gasteiger partial charge in [0.2, 0.25) is 5.91 Å². The van der Waals surface area contributed by atoms with Crippen LogP contribution in [0, 0.1) is 5.82 Å². The zero-order valence-corrected chi connectivity index (χ0v) is 9.05. The molecule has 74 valence electrons. The van der Waals surface area contributed by atoms with Crippen molar-refractivity contribution in [1.29, 1.82) is 0 Å². The van der Waals surface area contributed by atoms with E-state index in [1.165, 1.54) is 11.0 Å². The molecular weight excluding hydrogens is 249 g/mol. The van der Waals surface area contributed by atoms with Gasteiger partial charge in [-0.3, -0.25) is 4.79 Å². The molecule has 1 saturated heterocycles. The predicted molar refractivity (Wildman–Crippen MR) is 55.7 cm³/mol. The standard InChI is InChI=1S/C10H9BrFNO/c11-7-3-4-8(12)9(6-7)13-5-1-2-10(13)14/h3-4,6H,1-2,5H2. The summed E-state index contributed by atoms with van der Waals surface area (Å²) in [5.41, 5.74) is 0.377. The number of carbonyl (C=O) groups is 1. The topological polar surface area (TPSA) is 20.3 Å². The van der Waals surface area contributed by atoms with E-state index in [2.05, 4.69) is 15.9 Å². The normalized spacial score (nSPS) is 16.4. The SMILES string of the molecule is O=C1CCCN1c1cc(Br)ccc1F. The number of rotatable bonds is 1. The molecule has 0 bridgehead atoms. The molecule has 0 atom stereocenters. The van der Waals surface area contributed by atoms with Crippen molar-refractivity contribution in [3.63, 3.8) is 0 Å². The monoisotopic (exact) mass is 257 g/mol. The minimum absolute atomic E-state index is 0.00185. The predicted octanol–water partition coefficient (Wildman–Crippen LogP) is 2.72. The third-order valence-electron chi connectivity index (χ3n) is 2.27. The summed E-state index contributed by atoms with van der Waals surface area (Å²) in [4.78, 5) is 12.9. The van der Waals surface area contributed by atoms with Gasteiger partial charge in [-0.1, -0.05) is 15.9 Å². The molecule has 0 unspecified atom stereocenters. The lowest BCUT2D eigenvalue weighted by atomic mass is 10.3. The third kappa shape index (κ3) is 1.66. The van der Waals surface area contributed by atoms with Crippen LogP contribution < -0.4 is 4.90 Å². The van der Waals surface area contributed by atoms with Crippen molar-refractivity contribution in [2.45, 2.75) is 12.8 Å². The number of nitrogens with zero attached hydrogens (tertiary/aromatic N) is 1. The second kappa shape index (κ2) is 3.69. The Balaban J connectivity index is 2.39. The van der Waals surface area contributed by atoms with Crippen LogP contribution in [0.4, 0.5) is 10.1 Å². The lowest BCUT2D eigenvalue weighted by Crippen LogP contribution is -2.24. The second-order valence-electron chi connectivity index (χ2n) is 3.24. The quantitative estimate of drug-likeness (QED) is 0.758. The smallest absolute Gasteiger partial charge is 0.227 e. The van der Waals surface area contributed by atoms with Crippen LogP contribution in [0.5, 0.6) is 0 Å². The van der Waals surface area contributed by atoms with Gasteiger partial charge in [0.25, 0.3) is 0 Å². The molecule has 0 aromatic heterocycles. The third-order valence-corrected chi connectivity index (χ3v) is 2.77. The fourth-order valence-corrected chi connectivity index (χ4v) is 1.94. The van der Waals surface area contributed by atoms with Crippen LogP contribution in [0.3, 0.4) is 0 Å². The number of benzene rings is 1. The number of hydrogen-bond acceptors (Lipinski definition) is 1. The Labute approximate surface area is 89.8 Å². The van der Waals surface area contributed by atoms with Gasteiger partial charge in [-0.15, -0.1) is 0 Å². The summed E-state index contributed by atoms with van der Waals surface area (Å²) in [5, 5.41) is 0. The van der Waals surface area contributed by atoms with Crippen LogP contribution in [0.1, 0.15) is 12.8 Å². The zero-order valence-electron chi connectivity index (χ0n) is 7.46. The Kier molecular flexibility index (Phi) is 2.54. The van der Waals surface area contributed by atoms with Crippen molar-refractivity contribution >= 4 is 27.5 Å². The molecule has 1 aromatic carbocycles. The van der Waals surface area contributed by atoms with Gasteiger partial charge in [0.05, 0.1) is 5.69 Å². The van der Waals surface area contributed by atoms with Crippen LogP contribution in [-0.4, -0.2) is 12.5 Å². The fraction of sp³-hybridized carbons (Fsp3) is 0.300. The molecule has 0 N–H and O–H groups in total. The Morgan fingerprint density at radius 2 is 2.21 bits per heavy atom. The van der Waals surface area contributed by atoms with Crippen LogP contribution in [0.25, 0.3) is 0 Å². The number of hydrogen-bond donors (Lipinski definition) is 0. The first-order valence-electron chi connectivity index (χ1n) is 4.44. The van der Waals surface area contributed by atoms with Gasteiger partial charge in [0.1, 0.15) is 5.82 Å². The highest BCUT2D eigenvalue weighted by Gasteiger charge is 2.24. The average molecular weight is 258 g/mol. The van der Waals surface area contributed by atoms with E-state index in [0.717, 1.165) is 10.9 Å². The Morgan fingerprint density at radius 1 is 1.43 bits per heavy atom. The maximum Gasteiger partial charge on any atom is 0.227 e. The fourth-order valence-electron chi connectivity index (χ4n) is 1.60. The van der Waals surface area contributed by atoms with E-state index in [9.17, 15) is 9.18 Å². The van der Waals surface area contributed by atoms with E-state index in [0.29, 0.717) is 18.7 Å². The molecule has 14 heavy (non-hydrogen) atoms. The molecule has 0 spiro atoms. The van der Waals surface area contributed by atoms with Crippen LogP contribution in [0.2, 0.25) is 0 Å². The van der Waals surface area contributed by atoms with Crippen molar-refractivity contribution in [3.8, 4) is 0 Å². The number of halogens is 2. The number of amides is 1. The first-order valence-corrected chi connectivity index (χ1v) is 5.23. The maximum absolute atomic E-state index is 13.4. The molecule has 2 rings (SSSR count). The van der Waals surface area contributed by atoms with Gasteiger partial charge in [-0.25, -0.2) is 4.39 Å². The molecule has 4 heteroatoms. The highest BCUT2D eigenvalue weighted by atomic mass is 79.9. The first-order chi connectivity index (χ1) is 6.68.